The third-order valence-electron chi connectivity index (χ3n) is 2.22. The summed E-state index contributed by atoms with van der Waals surface area (Å²) in [5.41, 5.74) is -1.30. The minimum atomic E-state index is -2.16. The summed E-state index contributed by atoms with van der Waals surface area (Å²) in [6.45, 7) is 4.81. The zero-order valence-corrected chi connectivity index (χ0v) is 9.73. The molecule has 19 heavy (non-hydrogen) atoms. The molecule has 0 atom stereocenters. The second kappa shape index (κ2) is 5.64. The molecule has 0 spiro atoms. The van der Waals surface area contributed by atoms with Crippen LogP contribution in [0.3, 0.4) is 0 Å². The second-order valence-electron chi connectivity index (χ2n) is 3.48. The van der Waals surface area contributed by atoms with Gasteiger partial charge in [-0.1, -0.05) is 13.5 Å². The first-order valence-electron chi connectivity index (χ1n) is 5.06. The Balaban J connectivity index is 3.08. The summed E-state index contributed by atoms with van der Waals surface area (Å²) in [7, 11) is 0. The Morgan fingerprint density at radius 2 is 1.74 bits per heavy atom. The topological polar surface area (TPSA) is 43.4 Å². The van der Waals surface area contributed by atoms with Crippen molar-refractivity contribution in [1.29, 1.82) is 0 Å². The van der Waals surface area contributed by atoms with Crippen molar-refractivity contribution in [2.75, 3.05) is 0 Å². The molecule has 0 unspecified atom stereocenters. The fraction of sp³-hybridized carbons (Fsp3) is 0.167. The van der Waals surface area contributed by atoms with Gasteiger partial charge in [0.25, 0.3) is 0 Å². The molecule has 3 nitrogen and oxygen atoms in total. The van der Waals surface area contributed by atoms with E-state index in [4.69, 9.17) is 0 Å². The lowest BCUT2D eigenvalue weighted by Crippen LogP contribution is -2.16. The standard InChI is InChI=1S/C12H8F4O3/c1-3-5(2)11(17)19-12(18)6-4-7(13)9(15)10(16)8(6)14/h4H,2-3H2,1H3. The molecule has 0 saturated heterocycles. The molecule has 0 aliphatic carbocycles. The van der Waals surface area contributed by atoms with E-state index in [2.05, 4.69) is 11.3 Å². The fourth-order valence-electron chi connectivity index (χ4n) is 1.08. The molecule has 102 valence electrons. The number of carbonyl (C=O) groups is 2. The van der Waals surface area contributed by atoms with E-state index in [1.165, 1.54) is 0 Å². The lowest BCUT2D eigenvalue weighted by molar-refractivity contribution is -0.133. The van der Waals surface area contributed by atoms with Crippen LogP contribution in [-0.2, 0) is 9.53 Å². The van der Waals surface area contributed by atoms with Crippen LogP contribution in [0.1, 0.15) is 23.7 Å². The Morgan fingerprint density at radius 1 is 1.16 bits per heavy atom. The lowest BCUT2D eigenvalue weighted by atomic mass is 10.2. The zero-order chi connectivity index (χ0) is 14.7. The van der Waals surface area contributed by atoms with Gasteiger partial charge in [0.1, 0.15) is 5.56 Å². The number of hydrogen-bond donors (Lipinski definition) is 0. The SMILES string of the molecule is C=C(CC)C(=O)OC(=O)c1cc(F)c(F)c(F)c1F. The summed E-state index contributed by atoms with van der Waals surface area (Å²) in [5, 5.41) is 0. The molecule has 1 aromatic rings. The van der Waals surface area contributed by atoms with Gasteiger partial charge in [0, 0.05) is 5.57 Å². The van der Waals surface area contributed by atoms with E-state index in [1.807, 2.05) is 0 Å². The normalized spacial score (nSPS) is 10.2. The summed E-state index contributed by atoms with van der Waals surface area (Å²) in [6, 6.07) is 0.109. The maximum absolute atomic E-state index is 13.2. The Hall–Kier alpha value is -2.18. The van der Waals surface area contributed by atoms with Gasteiger partial charge in [-0.3, -0.25) is 0 Å². The first-order chi connectivity index (χ1) is 8.79. The molecule has 7 heteroatoms. The van der Waals surface area contributed by atoms with Crippen molar-refractivity contribution < 1.29 is 31.9 Å². The van der Waals surface area contributed by atoms with Crippen molar-refractivity contribution in [3.63, 3.8) is 0 Å². The summed E-state index contributed by atoms with van der Waals surface area (Å²) < 4.78 is 55.7. The third kappa shape index (κ3) is 2.98. The molecule has 0 amide bonds. The van der Waals surface area contributed by atoms with E-state index in [0.29, 0.717) is 0 Å². The van der Waals surface area contributed by atoms with Gasteiger partial charge in [0.15, 0.2) is 23.3 Å². The van der Waals surface area contributed by atoms with E-state index < -0.39 is 40.8 Å². The van der Waals surface area contributed by atoms with Crippen molar-refractivity contribution in [2.45, 2.75) is 13.3 Å². The summed E-state index contributed by atoms with van der Waals surface area (Å²) in [6.07, 6.45) is 0.167. The number of benzene rings is 1. The first-order valence-corrected chi connectivity index (χ1v) is 5.06. The highest BCUT2D eigenvalue weighted by Crippen LogP contribution is 2.19. The number of hydrogen-bond acceptors (Lipinski definition) is 3. The van der Waals surface area contributed by atoms with Crippen LogP contribution in [0, 0.1) is 23.3 Å². The van der Waals surface area contributed by atoms with E-state index in [1.54, 1.807) is 6.92 Å². The maximum Gasteiger partial charge on any atom is 0.349 e. The Kier molecular flexibility index (Phi) is 4.42. The zero-order valence-electron chi connectivity index (χ0n) is 9.73. The number of ether oxygens (including phenoxy) is 1. The van der Waals surface area contributed by atoms with Gasteiger partial charge in [0.2, 0.25) is 0 Å². The van der Waals surface area contributed by atoms with Gasteiger partial charge in [-0.05, 0) is 12.5 Å². The molecule has 0 fully saturated rings. The Morgan fingerprint density at radius 3 is 2.26 bits per heavy atom. The van der Waals surface area contributed by atoms with Crippen LogP contribution in [0.5, 0.6) is 0 Å². The predicted octanol–water partition coefficient (Wildman–Crippen LogP) is 2.89. The molecular weight excluding hydrogens is 268 g/mol. The molecule has 0 saturated carbocycles. The molecule has 1 rings (SSSR count). The van der Waals surface area contributed by atoms with Gasteiger partial charge in [-0.25, -0.2) is 27.2 Å². The monoisotopic (exact) mass is 276 g/mol. The van der Waals surface area contributed by atoms with Crippen molar-refractivity contribution in [3.05, 3.63) is 47.1 Å². The van der Waals surface area contributed by atoms with E-state index in [9.17, 15) is 27.2 Å². The molecule has 0 bridgehead atoms. The van der Waals surface area contributed by atoms with Crippen LogP contribution in [0.25, 0.3) is 0 Å². The van der Waals surface area contributed by atoms with Crippen molar-refractivity contribution in [3.8, 4) is 0 Å². The number of rotatable bonds is 3. The number of esters is 2. The van der Waals surface area contributed by atoms with Crippen LogP contribution in [0.15, 0.2) is 18.2 Å². The van der Waals surface area contributed by atoms with Gasteiger partial charge < -0.3 is 4.74 Å². The largest absolute Gasteiger partial charge is 0.386 e. The second-order valence-corrected chi connectivity index (χ2v) is 3.48. The van der Waals surface area contributed by atoms with Gasteiger partial charge in [-0.15, -0.1) is 0 Å². The minimum absolute atomic E-state index is 0.0863. The lowest BCUT2D eigenvalue weighted by Gasteiger charge is -2.06. The number of halogens is 4. The van der Waals surface area contributed by atoms with E-state index in [-0.39, 0.29) is 18.1 Å². The third-order valence-corrected chi connectivity index (χ3v) is 2.22. The molecule has 0 aliphatic rings. The van der Waals surface area contributed by atoms with Gasteiger partial charge in [0.05, 0.1) is 0 Å². The fourth-order valence-corrected chi connectivity index (χ4v) is 1.08. The molecular formula is C12H8F4O3. The first kappa shape index (κ1) is 14.9. The average Bonchev–Trinajstić information content (AvgIpc) is 2.39. The van der Waals surface area contributed by atoms with E-state index >= 15 is 0 Å². The molecule has 0 heterocycles. The molecule has 0 aromatic heterocycles. The van der Waals surface area contributed by atoms with Crippen molar-refractivity contribution in [1.82, 2.24) is 0 Å². The highest BCUT2D eigenvalue weighted by molar-refractivity contribution is 6.02. The van der Waals surface area contributed by atoms with Crippen molar-refractivity contribution >= 4 is 11.9 Å². The molecule has 0 radical (unpaired) electrons. The average molecular weight is 276 g/mol. The minimum Gasteiger partial charge on any atom is -0.386 e. The Bertz CT molecular complexity index is 567. The molecule has 1 aromatic carbocycles. The maximum atomic E-state index is 13.2. The van der Waals surface area contributed by atoms with Crippen LogP contribution in [0.2, 0.25) is 0 Å². The van der Waals surface area contributed by atoms with Crippen LogP contribution in [0.4, 0.5) is 17.6 Å². The Labute approximate surface area is 105 Å². The van der Waals surface area contributed by atoms with E-state index in [0.717, 1.165) is 0 Å². The van der Waals surface area contributed by atoms with Crippen LogP contribution < -0.4 is 0 Å². The quantitative estimate of drug-likeness (QED) is 0.213. The van der Waals surface area contributed by atoms with Crippen molar-refractivity contribution in [2.24, 2.45) is 0 Å². The molecule has 0 N–H and O–H groups in total. The molecule has 0 aliphatic heterocycles. The summed E-state index contributed by atoms with van der Waals surface area (Å²) in [5.74, 6) is -10.7. The van der Waals surface area contributed by atoms with Gasteiger partial charge in [-0.2, -0.15) is 0 Å². The highest BCUT2D eigenvalue weighted by atomic mass is 19.2. The number of carbonyl (C=O) groups excluding carboxylic acids is 2. The van der Waals surface area contributed by atoms with Gasteiger partial charge >= 0.3 is 11.9 Å². The highest BCUT2D eigenvalue weighted by Gasteiger charge is 2.25. The smallest absolute Gasteiger partial charge is 0.349 e. The predicted molar refractivity (Wildman–Crippen MR) is 56.1 cm³/mol. The van der Waals surface area contributed by atoms with Crippen LogP contribution in [-0.4, -0.2) is 11.9 Å². The summed E-state index contributed by atoms with van der Waals surface area (Å²) >= 11 is 0. The summed E-state index contributed by atoms with van der Waals surface area (Å²) in [4.78, 5) is 22.5. The van der Waals surface area contributed by atoms with Crippen LogP contribution >= 0.6 is 0 Å².